The Labute approximate surface area is 208 Å². The fourth-order valence-corrected chi connectivity index (χ4v) is 3.84. The molecule has 1 fully saturated rings. The van der Waals surface area contributed by atoms with E-state index in [1.165, 1.54) is 23.0 Å². The molecule has 0 bridgehead atoms. The van der Waals surface area contributed by atoms with E-state index in [0.29, 0.717) is 42.3 Å². The topological polar surface area (TPSA) is 85.5 Å². The minimum absolute atomic E-state index is 0.223. The lowest BCUT2D eigenvalue weighted by Crippen LogP contribution is -2.39. The molecule has 0 radical (unpaired) electrons. The second-order valence-corrected chi connectivity index (χ2v) is 8.52. The lowest BCUT2D eigenvalue weighted by atomic mass is 10.1. The van der Waals surface area contributed by atoms with Gasteiger partial charge in [-0.2, -0.15) is 23.0 Å². The van der Waals surface area contributed by atoms with Crippen molar-refractivity contribution in [2.45, 2.75) is 25.1 Å². The minimum atomic E-state index is -4.49. The molecule has 0 spiro atoms. The summed E-state index contributed by atoms with van der Waals surface area (Å²) in [4.78, 5) is 26.2. The van der Waals surface area contributed by atoms with Crippen molar-refractivity contribution >= 4 is 35.4 Å². The first-order valence-corrected chi connectivity index (χ1v) is 11.2. The molecule has 1 aliphatic rings. The Bertz CT molecular complexity index is 1290. The highest BCUT2D eigenvalue weighted by Crippen LogP contribution is 2.29. The summed E-state index contributed by atoms with van der Waals surface area (Å²) in [7, 11) is 1.57. The smallest absolute Gasteiger partial charge is 0.419 e. The second kappa shape index (κ2) is 10.2. The summed E-state index contributed by atoms with van der Waals surface area (Å²) >= 11 is 12.0. The number of aromatic nitrogens is 4. The average Bonchev–Trinajstić information content (AvgIpc) is 2.83. The molecular weight excluding hydrogens is 508 g/mol. The third-order valence-electron chi connectivity index (χ3n) is 5.31. The number of anilines is 1. The Morgan fingerprint density at radius 1 is 1.11 bits per heavy atom. The largest absolute Gasteiger partial charge is 0.488 e. The van der Waals surface area contributed by atoms with Gasteiger partial charge >= 0.3 is 6.18 Å². The van der Waals surface area contributed by atoms with Crippen molar-refractivity contribution in [3.05, 3.63) is 68.3 Å². The summed E-state index contributed by atoms with van der Waals surface area (Å²) in [6.45, 7) is 0.946. The third kappa shape index (κ3) is 5.73. The summed E-state index contributed by atoms with van der Waals surface area (Å²) in [6, 6.07) is 6.05. The van der Waals surface area contributed by atoms with Crippen LogP contribution in [0.5, 0.6) is 5.75 Å². The predicted molar refractivity (Wildman–Crippen MR) is 126 cm³/mol. The Morgan fingerprint density at radius 3 is 2.40 bits per heavy atom. The standard InChI is InChI=1S/C22H19Cl2F3N6O2/c1-28-12-18-19(9-20(34)33(31-18)14-2-3-16(23)17(24)8-14)35-15-4-6-32(7-5-15)21-29-10-13(11-30-21)22(25,26)27/h2-3,8-12,15H,4-7H2,1H3. The monoisotopic (exact) mass is 526 g/mol. The Morgan fingerprint density at radius 2 is 1.80 bits per heavy atom. The van der Waals surface area contributed by atoms with E-state index in [-0.39, 0.29) is 22.8 Å². The van der Waals surface area contributed by atoms with E-state index >= 15 is 0 Å². The Hall–Kier alpha value is -3.18. The molecule has 1 aliphatic heterocycles. The maximum atomic E-state index is 12.8. The number of hydrogen-bond acceptors (Lipinski definition) is 7. The van der Waals surface area contributed by atoms with E-state index in [9.17, 15) is 18.0 Å². The van der Waals surface area contributed by atoms with E-state index in [4.69, 9.17) is 27.9 Å². The highest BCUT2D eigenvalue weighted by Gasteiger charge is 2.32. The van der Waals surface area contributed by atoms with Crippen LogP contribution in [0.1, 0.15) is 24.1 Å². The van der Waals surface area contributed by atoms with Gasteiger partial charge < -0.3 is 9.64 Å². The molecule has 3 aromatic rings. The van der Waals surface area contributed by atoms with E-state index < -0.39 is 17.3 Å². The van der Waals surface area contributed by atoms with E-state index in [1.807, 2.05) is 0 Å². The number of alkyl halides is 3. The highest BCUT2D eigenvalue weighted by molar-refractivity contribution is 6.42. The normalized spacial score (nSPS) is 15.1. The highest BCUT2D eigenvalue weighted by atomic mass is 35.5. The first-order chi connectivity index (χ1) is 16.7. The van der Waals surface area contributed by atoms with Crippen molar-refractivity contribution in [2.24, 2.45) is 4.99 Å². The fraction of sp³-hybridized carbons (Fsp3) is 0.318. The molecule has 184 valence electrons. The summed E-state index contributed by atoms with van der Waals surface area (Å²) in [5.74, 6) is 0.502. The summed E-state index contributed by atoms with van der Waals surface area (Å²) < 4.78 is 45.4. The van der Waals surface area contributed by atoms with Crippen LogP contribution in [0.2, 0.25) is 10.0 Å². The average molecular weight is 527 g/mol. The molecule has 1 saturated heterocycles. The zero-order chi connectivity index (χ0) is 25.2. The molecule has 1 aromatic carbocycles. The molecular formula is C22H19Cl2F3N6O2. The van der Waals surface area contributed by atoms with Gasteiger partial charge in [-0.15, -0.1) is 0 Å². The molecule has 4 rings (SSSR count). The van der Waals surface area contributed by atoms with Crippen LogP contribution in [0.15, 0.2) is 46.4 Å². The van der Waals surface area contributed by atoms with Crippen LogP contribution in [0, 0.1) is 0 Å². The molecule has 35 heavy (non-hydrogen) atoms. The van der Waals surface area contributed by atoms with Crippen molar-refractivity contribution in [3.63, 3.8) is 0 Å². The molecule has 0 aliphatic carbocycles. The number of benzene rings is 1. The van der Waals surface area contributed by atoms with Crippen molar-refractivity contribution in [1.29, 1.82) is 0 Å². The summed E-state index contributed by atoms with van der Waals surface area (Å²) in [5, 5.41) is 5.00. The van der Waals surface area contributed by atoms with Gasteiger partial charge in [0.2, 0.25) is 5.95 Å². The Kier molecular flexibility index (Phi) is 7.27. The van der Waals surface area contributed by atoms with Crippen LogP contribution in [-0.2, 0) is 6.18 Å². The third-order valence-corrected chi connectivity index (χ3v) is 6.05. The van der Waals surface area contributed by atoms with Crippen LogP contribution in [0.3, 0.4) is 0 Å². The molecule has 0 saturated carbocycles. The van der Waals surface area contributed by atoms with Crippen molar-refractivity contribution in [3.8, 4) is 11.4 Å². The molecule has 8 nitrogen and oxygen atoms in total. The predicted octanol–water partition coefficient (Wildman–Crippen LogP) is 4.44. The molecule has 2 aromatic heterocycles. The van der Waals surface area contributed by atoms with Gasteiger partial charge in [0.15, 0.2) is 5.75 Å². The molecule has 0 unspecified atom stereocenters. The lowest BCUT2D eigenvalue weighted by molar-refractivity contribution is -0.138. The van der Waals surface area contributed by atoms with E-state index in [1.54, 1.807) is 24.1 Å². The SMILES string of the molecule is CN=Cc1nn(-c2ccc(Cl)c(Cl)c2)c(=O)cc1OC1CCN(c2ncc(C(F)(F)F)cn2)CC1. The Balaban J connectivity index is 1.48. The lowest BCUT2D eigenvalue weighted by Gasteiger charge is -2.32. The zero-order valence-electron chi connectivity index (χ0n) is 18.3. The molecule has 3 heterocycles. The van der Waals surface area contributed by atoms with Gasteiger partial charge in [-0.05, 0) is 18.2 Å². The van der Waals surface area contributed by atoms with E-state index in [2.05, 4.69) is 20.1 Å². The number of ether oxygens (including phenoxy) is 1. The summed E-state index contributed by atoms with van der Waals surface area (Å²) in [5.41, 5.74) is -0.534. The fourth-order valence-electron chi connectivity index (χ4n) is 3.55. The van der Waals surface area contributed by atoms with Gasteiger partial charge in [0.25, 0.3) is 5.56 Å². The molecule has 0 amide bonds. The van der Waals surface area contributed by atoms with Gasteiger partial charge in [0, 0.05) is 51.4 Å². The first kappa shape index (κ1) is 24.9. The van der Waals surface area contributed by atoms with Gasteiger partial charge in [-0.1, -0.05) is 23.2 Å². The van der Waals surface area contributed by atoms with Crippen molar-refractivity contribution in [2.75, 3.05) is 25.0 Å². The van der Waals surface area contributed by atoms with Gasteiger partial charge in [0.1, 0.15) is 11.8 Å². The number of aliphatic imine (C=N–C) groups is 1. The number of rotatable bonds is 5. The second-order valence-electron chi connectivity index (χ2n) is 7.70. The van der Waals surface area contributed by atoms with Crippen LogP contribution < -0.4 is 15.2 Å². The van der Waals surface area contributed by atoms with Crippen LogP contribution in [0.4, 0.5) is 19.1 Å². The van der Waals surface area contributed by atoms with Gasteiger partial charge in [-0.3, -0.25) is 9.79 Å². The van der Waals surface area contributed by atoms with Crippen LogP contribution in [0.25, 0.3) is 5.69 Å². The maximum absolute atomic E-state index is 12.8. The van der Waals surface area contributed by atoms with Gasteiger partial charge in [-0.25, -0.2) is 9.97 Å². The number of nitrogens with zero attached hydrogens (tertiary/aromatic N) is 6. The summed E-state index contributed by atoms with van der Waals surface area (Å²) in [6.07, 6.45) is -0.612. The van der Waals surface area contributed by atoms with Crippen LogP contribution in [-0.4, -0.2) is 52.2 Å². The van der Waals surface area contributed by atoms with E-state index in [0.717, 1.165) is 12.4 Å². The molecule has 13 heteroatoms. The zero-order valence-corrected chi connectivity index (χ0v) is 19.8. The van der Waals surface area contributed by atoms with Gasteiger partial charge in [0.05, 0.1) is 27.5 Å². The number of halogens is 5. The molecule has 0 N–H and O–H groups in total. The number of piperidine rings is 1. The quantitative estimate of drug-likeness (QED) is 0.456. The first-order valence-electron chi connectivity index (χ1n) is 10.5. The number of hydrogen-bond donors (Lipinski definition) is 0. The van der Waals surface area contributed by atoms with Crippen molar-refractivity contribution < 1.29 is 17.9 Å². The maximum Gasteiger partial charge on any atom is 0.419 e. The molecule has 0 atom stereocenters. The van der Waals surface area contributed by atoms with Crippen LogP contribution >= 0.6 is 23.2 Å². The van der Waals surface area contributed by atoms with Crippen molar-refractivity contribution in [1.82, 2.24) is 19.7 Å². The minimum Gasteiger partial charge on any atom is -0.488 e.